The molecule has 0 radical (unpaired) electrons. The molecule has 0 saturated carbocycles. The van der Waals surface area contributed by atoms with Crippen LogP contribution in [0, 0.1) is 5.41 Å². The maximum atomic E-state index is 9.26. The highest BCUT2D eigenvalue weighted by molar-refractivity contribution is 7.09. The smallest absolute Gasteiger partial charge is 0.0584 e. The SMILES string of the molecule is CC(C)(C)C[C@H](CO)NCc1cccs1. The first-order chi connectivity index (χ1) is 7.01. The second kappa shape index (κ2) is 5.64. The Labute approximate surface area is 96.3 Å². The number of aliphatic hydroxyl groups is 1. The zero-order chi connectivity index (χ0) is 11.3. The summed E-state index contributed by atoms with van der Waals surface area (Å²) in [5, 5.41) is 14.7. The fraction of sp³-hybridized carbons (Fsp3) is 0.667. The molecule has 0 saturated heterocycles. The Bertz CT molecular complexity index is 264. The number of thiophene rings is 1. The summed E-state index contributed by atoms with van der Waals surface area (Å²) in [5.74, 6) is 0. The molecule has 0 aliphatic heterocycles. The second-order valence-corrected chi connectivity index (χ2v) is 6.14. The summed E-state index contributed by atoms with van der Waals surface area (Å²) in [5.41, 5.74) is 0.260. The van der Waals surface area contributed by atoms with Crippen LogP contribution in [-0.4, -0.2) is 17.8 Å². The molecule has 0 amide bonds. The van der Waals surface area contributed by atoms with Crippen molar-refractivity contribution in [3.63, 3.8) is 0 Å². The van der Waals surface area contributed by atoms with E-state index in [-0.39, 0.29) is 18.1 Å². The van der Waals surface area contributed by atoms with E-state index in [1.165, 1.54) is 4.88 Å². The Kier molecular flexibility index (Phi) is 4.77. The van der Waals surface area contributed by atoms with E-state index in [1.807, 2.05) is 0 Å². The molecule has 15 heavy (non-hydrogen) atoms. The second-order valence-electron chi connectivity index (χ2n) is 5.10. The number of nitrogens with one attached hydrogen (secondary N) is 1. The van der Waals surface area contributed by atoms with Gasteiger partial charge in [-0.05, 0) is 23.3 Å². The van der Waals surface area contributed by atoms with E-state index in [0.29, 0.717) is 0 Å². The first-order valence-electron chi connectivity index (χ1n) is 5.38. The van der Waals surface area contributed by atoms with E-state index in [0.717, 1.165) is 13.0 Å². The Morgan fingerprint density at radius 3 is 2.67 bits per heavy atom. The standard InChI is InChI=1S/C12H21NOS/c1-12(2,3)7-10(9-14)13-8-11-5-4-6-15-11/h4-6,10,13-14H,7-9H2,1-3H3/t10-/m1/s1. The molecule has 1 aromatic rings. The van der Waals surface area contributed by atoms with Crippen molar-refractivity contribution in [1.82, 2.24) is 5.32 Å². The van der Waals surface area contributed by atoms with Gasteiger partial charge in [0.25, 0.3) is 0 Å². The van der Waals surface area contributed by atoms with Crippen LogP contribution in [0.15, 0.2) is 17.5 Å². The van der Waals surface area contributed by atoms with Crippen molar-refractivity contribution in [1.29, 1.82) is 0 Å². The molecule has 1 rings (SSSR count). The fourth-order valence-electron chi connectivity index (χ4n) is 1.60. The Hall–Kier alpha value is -0.380. The predicted molar refractivity (Wildman–Crippen MR) is 66.1 cm³/mol. The van der Waals surface area contributed by atoms with Crippen molar-refractivity contribution >= 4 is 11.3 Å². The van der Waals surface area contributed by atoms with Gasteiger partial charge in [-0.3, -0.25) is 0 Å². The van der Waals surface area contributed by atoms with Gasteiger partial charge in [0, 0.05) is 17.5 Å². The van der Waals surface area contributed by atoms with Crippen LogP contribution in [-0.2, 0) is 6.54 Å². The molecule has 2 nitrogen and oxygen atoms in total. The van der Waals surface area contributed by atoms with Crippen molar-refractivity contribution in [2.24, 2.45) is 5.41 Å². The molecule has 86 valence electrons. The Morgan fingerprint density at radius 2 is 2.20 bits per heavy atom. The van der Waals surface area contributed by atoms with Crippen LogP contribution in [0.5, 0.6) is 0 Å². The third-order valence-corrected chi connectivity index (χ3v) is 3.10. The molecule has 3 heteroatoms. The molecule has 0 spiro atoms. The van der Waals surface area contributed by atoms with Crippen LogP contribution in [0.1, 0.15) is 32.1 Å². The molecular weight excluding hydrogens is 206 g/mol. The lowest BCUT2D eigenvalue weighted by molar-refractivity contribution is 0.198. The summed E-state index contributed by atoms with van der Waals surface area (Å²) >= 11 is 1.75. The van der Waals surface area contributed by atoms with Gasteiger partial charge < -0.3 is 10.4 Å². The van der Waals surface area contributed by atoms with Crippen molar-refractivity contribution in [3.05, 3.63) is 22.4 Å². The van der Waals surface area contributed by atoms with Gasteiger partial charge >= 0.3 is 0 Å². The van der Waals surface area contributed by atoms with Gasteiger partial charge in [-0.25, -0.2) is 0 Å². The quantitative estimate of drug-likeness (QED) is 0.810. The highest BCUT2D eigenvalue weighted by Crippen LogP contribution is 2.21. The van der Waals surface area contributed by atoms with Gasteiger partial charge in [-0.15, -0.1) is 11.3 Å². The average molecular weight is 227 g/mol. The van der Waals surface area contributed by atoms with E-state index >= 15 is 0 Å². The number of hydrogen-bond acceptors (Lipinski definition) is 3. The van der Waals surface area contributed by atoms with Gasteiger partial charge in [0.15, 0.2) is 0 Å². The molecule has 0 aliphatic rings. The maximum absolute atomic E-state index is 9.26. The van der Waals surface area contributed by atoms with Crippen LogP contribution in [0.25, 0.3) is 0 Å². The molecule has 0 unspecified atom stereocenters. The molecule has 0 bridgehead atoms. The summed E-state index contributed by atoms with van der Waals surface area (Å²) in [7, 11) is 0. The minimum atomic E-state index is 0.201. The monoisotopic (exact) mass is 227 g/mol. The lowest BCUT2D eigenvalue weighted by Crippen LogP contribution is -2.35. The fourth-order valence-corrected chi connectivity index (χ4v) is 2.25. The zero-order valence-corrected chi connectivity index (χ0v) is 10.6. The largest absolute Gasteiger partial charge is 0.395 e. The molecule has 0 aliphatic carbocycles. The van der Waals surface area contributed by atoms with Gasteiger partial charge in [0.1, 0.15) is 0 Å². The topological polar surface area (TPSA) is 32.3 Å². The van der Waals surface area contributed by atoms with Gasteiger partial charge in [-0.2, -0.15) is 0 Å². The van der Waals surface area contributed by atoms with E-state index in [9.17, 15) is 5.11 Å². The third-order valence-electron chi connectivity index (χ3n) is 2.22. The third kappa shape index (κ3) is 5.30. The van der Waals surface area contributed by atoms with E-state index < -0.39 is 0 Å². The number of aliphatic hydroxyl groups excluding tert-OH is 1. The lowest BCUT2D eigenvalue weighted by Gasteiger charge is -2.25. The first kappa shape index (κ1) is 12.7. The Morgan fingerprint density at radius 1 is 1.47 bits per heavy atom. The summed E-state index contributed by atoms with van der Waals surface area (Å²) in [6.07, 6.45) is 0.995. The summed E-state index contributed by atoms with van der Waals surface area (Å²) in [6.45, 7) is 7.66. The molecular formula is C12H21NOS. The van der Waals surface area contributed by atoms with Crippen molar-refractivity contribution in [2.75, 3.05) is 6.61 Å². The summed E-state index contributed by atoms with van der Waals surface area (Å²) < 4.78 is 0. The molecule has 0 fully saturated rings. The zero-order valence-electron chi connectivity index (χ0n) is 9.79. The van der Waals surface area contributed by atoms with Crippen molar-refractivity contribution < 1.29 is 5.11 Å². The molecule has 1 heterocycles. The normalized spacial score (nSPS) is 14.1. The Balaban J connectivity index is 2.34. The summed E-state index contributed by atoms with van der Waals surface area (Å²) in [6, 6.07) is 4.37. The van der Waals surface area contributed by atoms with Crippen molar-refractivity contribution in [3.8, 4) is 0 Å². The minimum Gasteiger partial charge on any atom is -0.395 e. The van der Waals surface area contributed by atoms with Crippen LogP contribution >= 0.6 is 11.3 Å². The number of hydrogen-bond donors (Lipinski definition) is 2. The van der Waals surface area contributed by atoms with E-state index in [2.05, 4.69) is 43.6 Å². The molecule has 1 atom stereocenters. The minimum absolute atomic E-state index is 0.201. The van der Waals surface area contributed by atoms with Crippen LogP contribution in [0.2, 0.25) is 0 Å². The lowest BCUT2D eigenvalue weighted by atomic mass is 9.88. The van der Waals surface area contributed by atoms with E-state index in [4.69, 9.17) is 0 Å². The summed E-state index contributed by atoms with van der Waals surface area (Å²) in [4.78, 5) is 1.32. The molecule has 2 N–H and O–H groups in total. The predicted octanol–water partition coefficient (Wildman–Crippen LogP) is 2.63. The maximum Gasteiger partial charge on any atom is 0.0584 e. The van der Waals surface area contributed by atoms with Crippen molar-refractivity contribution in [2.45, 2.75) is 39.8 Å². The highest BCUT2D eigenvalue weighted by Gasteiger charge is 2.17. The average Bonchev–Trinajstić information content (AvgIpc) is 2.62. The van der Waals surface area contributed by atoms with Crippen LogP contribution in [0.4, 0.5) is 0 Å². The van der Waals surface area contributed by atoms with E-state index in [1.54, 1.807) is 11.3 Å². The number of rotatable bonds is 5. The highest BCUT2D eigenvalue weighted by atomic mass is 32.1. The molecule has 1 aromatic heterocycles. The molecule has 0 aromatic carbocycles. The van der Waals surface area contributed by atoms with Gasteiger partial charge in [-0.1, -0.05) is 26.8 Å². The van der Waals surface area contributed by atoms with Gasteiger partial charge in [0.05, 0.1) is 6.61 Å². The first-order valence-corrected chi connectivity index (χ1v) is 6.26. The van der Waals surface area contributed by atoms with Crippen LogP contribution in [0.3, 0.4) is 0 Å². The van der Waals surface area contributed by atoms with Crippen LogP contribution < -0.4 is 5.32 Å². The van der Waals surface area contributed by atoms with Gasteiger partial charge in [0.2, 0.25) is 0 Å².